The van der Waals surface area contributed by atoms with Crippen LogP contribution in [0.15, 0.2) is 24.3 Å². The lowest BCUT2D eigenvalue weighted by molar-refractivity contribution is 0.238. The Labute approximate surface area is 120 Å². The highest BCUT2D eigenvalue weighted by Gasteiger charge is 2.18. The Bertz CT molecular complexity index is 386. The molecule has 0 amide bonds. The summed E-state index contributed by atoms with van der Waals surface area (Å²) < 4.78 is 5.72. The SMILES string of the molecule is CCC1CN(CCCOc2cccc(N)c2)CCS1. The second kappa shape index (κ2) is 7.65. The molecule has 1 saturated heterocycles. The van der Waals surface area contributed by atoms with Crippen LogP contribution < -0.4 is 10.5 Å². The minimum absolute atomic E-state index is 0.761. The second-order valence-corrected chi connectivity index (χ2v) is 6.38. The molecule has 0 saturated carbocycles. The normalized spacial score (nSPS) is 20.4. The first-order valence-corrected chi connectivity index (χ1v) is 8.15. The molecule has 2 rings (SSSR count). The number of thioether (sulfide) groups is 1. The van der Waals surface area contributed by atoms with Crippen molar-refractivity contribution < 1.29 is 4.74 Å². The summed E-state index contributed by atoms with van der Waals surface area (Å²) in [6, 6.07) is 7.65. The van der Waals surface area contributed by atoms with Crippen molar-refractivity contribution in [1.29, 1.82) is 0 Å². The number of hydrogen-bond acceptors (Lipinski definition) is 4. The van der Waals surface area contributed by atoms with Crippen molar-refractivity contribution >= 4 is 17.4 Å². The van der Waals surface area contributed by atoms with Crippen LogP contribution in [0.5, 0.6) is 5.75 Å². The fraction of sp³-hybridized carbons (Fsp3) is 0.600. The molecule has 4 heteroatoms. The molecule has 19 heavy (non-hydrogen) atoms. The number of ether oxygens (including phenoxy) is 1. The summed E-state index contributed by atoms with van der Waals surface area (Å²) >= 11 is 2.12. The molecule has 1 heterocycles. The topological polar surface area (TPSA) is 38.5 Å². The number of nitrogen functional groups attached to an aromatic ring is 1. The molecule has 1 aromatic carbocycles. The van der Waals surface area contributed by atoms with Crippen LogP contribution >= 0.6 is 11.8 Å². The van der Waals surface area contributed by atoms with E-state index in [1.165, 1.54) is 25.3 Å². The molecule has 1 fully saturated rings. The lowest BCUT2D eigenvalue weighted by Gasteiger charge is -2.31. The third-order valence-corrected chi connectivity index (χ3v) is 4.80. The predicted octanol–water partition coefficient (Wildman–Crippen LogP) is 2.87. The average molecular weight is 280 g/mol. The summed E-state index contributed by atoms with van der Waals surface area (Å²) in [5, 5.41) is 0.823. The van der Waals surface area contributed by atoms with Crippen molar-refractivity contribution in [3.63, 3.8) is 0 Å². The zero-order chi connectivity index (χ0) is 13.5. The smallest absolute Gasteiger partial charge is 0.121 e. The van der Waals surface area contributed by atoms with E-state index in [4.69, 9.17) is 10.5 Å². The molecule has 1 atom stereocenters. The molecular weight excluding hydrogens is 256 g/mol. The molecular formula is C15H24N2OS. The third-order valence-electron chi connectivity index (χ3n) is 3.42. The second-order valence-electron chi connectivity index (χ2n) is 4.98. The third kappa shape index (κ3) is 4.96. The maximum Gasteiger partial charge on any atom is 0.121 e. The van der Waals surface area contributed by atoms with Gasteiger partial charge in [0.25, 0.3) is 0 Å². The Morgan fingerprint density at radius 3 is 3.16 bits per heavy atom. The average Bonchev–Trinajstić information content (AvgIpc) is 2.44. The molecule has 0 aliphatic carbocycles. The molecule has 3 nitrogen and oxygen atoms in total. The molecule has 0 aromatic heterocycles. The van der Waals surface area contributed by atoms with E-state index in [-0.39, 0.29) is 0 Å². The van der Waals surface area contributed by atoms with Gasteiger partial charge in [-0.2, -0.15) is 11.8 Å². The Balaban J connectivity index is 1.64. The van der Waals surface area contributed by atoms with Gasteiger partial charge >= 0.3 is 0 Å². The van der Waals surface area contributed by atoms with E-state index in [1.54, 1.807) is 0 Å². The van der Waals surface area contributed by atoms with E-state index in [2.05, 4.69) is 23.6 Å². The molecule has 0 bridgehead atoms. The Kier molecular flexibility index (Phi) is 5.86. The summed E-state index contributed by atoms with van der Waals surface area (Å²) in [5.74, 6) is 2.15. The lowest BCUT2D eigenvalue weighted by atomic mass is 10.3. The summed E-state index contributed by atoms with van der Waals surface area (Å²) in [7, 11) is 0. The molecule has 1 aromatic rings. The van der Waals surface area contributed by atoms with Crippen molar-refractivity contribution in [3.05, 3.63) is 24.3 Å². The van der Waals surface area contributed by atoms with Gasteiger partial charge in [-0.15, -0.1) is 0 Å². The molecule has 0 radical (unpaired) electrons. The molecule has 2 N–H and O–H groups in total. The van der Waals surface area contributed by atoms with E-state index < -0.39 is 0 Å². The maximum atomic E-state index is 5.72. The standard InChI is InChI=1S/C15H24N2OS/c1-2-15-12-17(8-10-19-15)7-4-9-18-14-6-3-5-13(16)11-14/h3,5-6,11,15H,2,4,7-10,12,16H2,1H3. The van der Waals surface area contributed by atoms with Gasteiger partial charge in [-0.3, -0.25) is 0 Å². The molecule has 0 spiro atoms. The predicted molar refractivity (Wildman–Crippen MR) is 83.9 cm³/mol. The summed E-state index contributed by atoms with van der Waals surface area (Å²) in [6.07, 6.45) is 2.36. The highest BCUT2D eigenvalue weighted by molar-refractivity contribution is 8.00. The lowest BCUT2D eigenvalue weighted by Crippen LogP contribution is -2.38. The minimum atomic E-state index is 0.761. The van der Waals surface area contributed by atoms with Crippen LogP contribution in [0.2, 0.25) is 0 Å². The first kappa shape index (κ1) is 14.5. The first-order chi connectivity index (χ1) is 9.28. The summed E-state index contributed by atoms with van der Waals surface area (Å²) in [6.45, 7) is 6.65. The van der Waals surface area contributed by atoms with Gasteiger partial charge < -0.3 is 15.4 Å². The summed E-state index contributed by atoms with van der Waals surface area (Å²) in [4.78, 5) is 2.56. The number of anilines is 1. The van der Waals surface area contributed by atoms with E-state index in [9.17, 15) is 0 Å². The van der Waals surface area contributed by atoms with Crippen LogP contribution in [0, 0.1) is 0 Å². The first-order valence-electron chi connectivity index (χ1n) is 7.10. The Morgan fingerprint density at radius 1 is 1.47 bits per heavy atom. The van der Waals surface area contributed by atoms with Gasteiger partial charge in [0.1, 0.15) is 5.75 Å². The molecule has 106 valence electrons. The number of rotatable bonds is 6. The Morgan fingerprint density at radius 2 is 2.37 bits per heavy atom. The van der Waals surface area contributed by atoms with Crippen LogP contribution in [0.4, 0.5) is 5.69 Å². The minimum Gasteiger partial charge on any atom is -0.493 e. The quantitative estimate of drug-likeness (QED) is 0.642. The van der Waals surface area contributed by atoms with Gasteiger partial charge in [-0.1, -0.05) is 13.0 Å². The van der Waals surface area contributed by atoms with E-state index >= 15 is 0 Å². The van der Waals surface area contributed by atoms with Gasteiger partial charge in [-0.25, -0.2) is 0 Å². The number of hydrogen-bond donors (Lipinski definition) is 1. The maximum absolute atomic E-state index is 5.72. The van der Waals surface area contributed by atoms with Crippen molar-refractivity contribution in [2.45, 2.75) is 25.0 Å². The largest absolute Gasteiger partial charge is 0.493 e. The van der Waals surface area contributed by atoms with Crippen molar-refractivity contribution in [2.24, 2.45) is 0 Å². The zero-order valence-corrected chi connectivity index (χ0v) is 12.5. The van der Waals surface area contributed by atoms with Crippen LogP contribution in [-0.2, 0) is 0 Å². The summed E-state index contributed by atoms with van der Waals surface area (Å²) in [5.41, 5.74) is 6.48. The fourth-order valence-corrected chi connectivity index (χ4v) is 3.56. The van der Waals surface area contributed by atoms with Crippen LogP contribution in [0.1, 0.15) is 19.8 Å². The highest BCUT2D eigenvalue weighted by atomic mass is 32.2. The van der Waals surface area contributed by atoms with E-state index in [0.717, 1.165) is 36.3 Å². The van der Waals surface area contributed by atoms with Gasteiger partial charge in [0.2, 0.25) is 0 Å². The van der Waals surface area contributed by atoms with Crippen LogP contribution in [-0.4, -0.2) is 42.1 Å². The molecule has 1 aliphatic rings. The van der Waals surface area contributed by atoms with Gasteiger partial charge in [0.05, 0.1) is 6.61 Å². The zero-order valence-electron chi connectivity index (χ0n) is 11.7. The van der Waals surface area contributed by atoms with E-state index in [0.29, 0.717) is 0 Å². The van der Waals surface area contributed by atoms with Gasteiger partial charge in [0, 0.05) is 42.4 Å². The van der Waals surface area contributed by atoms with Crippen LogP contribution in [0.25, 0.3) is 0 Å². The Hall–Kier alpha value is -0.870. The van der Waals surface area contributed by atoms with Crippen molar-refractivity contribution in [1.82, 2.24) is 4.90 Å². The van der Waals surface area contributed by atoms with Crippen LogP contribution in [0.3, 0.4) is 0 Å². The number of nitrogens with two attached hydrogens (primary N) is 1. The fourth-order valence-electron chi connectivity index (χ4n) is 2.31. The molecule has 1 aliphatic heterocycles. The number of benzene rings is 1. The van der Waals surface area contributed by atoms with Gasteiger partial charge in [-0.05, 0) is 25.0 Å². The van der Waals surface area contributed by atoms with Crippen molar-refractivity contribution in [3.8, 4) is 5.75 Å². The number of nitrogens with zero attached hydrogens (tertiary/aromatic N) is 1. The highest BCUT2D eigenvalue weighted by Crippen LogP contribution is 2.21. The van der Waals surface area contributed by atoms with Crippen molar-refractivity contribution in [2.75, 3.05) is 37.7 Å². The van der Waals surface area contributed by atoms with Gasteiger partial charge in [0.15, 0.2) is 0 Å². The van der Waals surface area contributed by atoms with E-state index in [1.807, 2.05) is 24.3 Å². The monoisotopic (exact) mass is 280 g/mol. The molecule has 1 unspecified atom stereocenters.